The van der Waals surface area contributed by atoms with E-state index in [1.54, 1.807) is 18.0 Å². The zero-order chi connectivity index (χ0) is 12.3. The van der Waals surface area contributed by atoms with Gasteiger partial charge in [0.25, 0.3) is 0 Å². The molecular weight excluding hydrogens is 298 g/mol. The van der Waals surface area contributed by atoms with Gasteiger partial charge in [-0.25, -0.2) is 4.98 Å². The van der Waals surface area contributed by atoms with Gasteiger partial charge in [-0.2, -0.15) is 0 Å². The highest BCUT2D eigenvalue weighted by Gasteiger charge is 2.08. The molecule has 1 aromatic heterocycles. The van der Waals surface area contributed by atoms with E-state index >= 15 is 0 Å². The summed E-state index contributed by atoms with van der Waals surface area (Å²) < 4.78 is 1.07. The van der Waals surface area contributed by atoms with E-state index in [1.165, 1.54) is 10.5 Å². The van der Waals surface area contributed by atoms with Gasteiger partial charge in [0.05, 0.1) is 0 Å². The quantitative estimate of drug-likeness (QED) is 0.911. The van der Waals surface area contributed by atoms with Crippen molar-refractivity contribution < 1.29 is 0 Å². The molecule has 0 bridgehead atoms. The second kappa shape index (κ2) is 5.71. The fourth-order valence-corrected chi connectivity index (χ4v) is 2.98. The summed E-state index contributed by atoms with van der Waals surface area (Å²) in [6, 6.07) is 6.42. The lowest BCUT2D eigenvalue weighted by Gasteiger charge is -2.10. The number of aromatic nitrogens is 2. The highest BCUT2D eigenvalue weighted by atomic mass is 79.9. The Kier molecular flexibility index (Phi) is 4.25. The van der Waals surface area contributed by atoms with Crippen LogP contribution in [0.5, 0.6) is 0 Å². The van der Waals surface area contributed by atoms with Crippen molar-refractivity contribution in [1.29, 1.82) is 0 Å². The van der Waals surface area contributed by atoms with Crippen molar-refractivity contribution in [3.8, 4) is 0 Å². The van der Waals surface area contributed by atoms with Crippen LogP contribution in [0.25, 0.3) is 0 Å². The van der Waals surface area contributed by atoms with Gasteiger partial charge in [0, 0.05) is 27.8 Å². The largest absolute Gasteiger partial charge is 0.339 e. The van der Waals surface area contributed by atoms with Crippen LogP contribution in [0.15, 0.2) is 45.1 Å². The van der Waals surface area contributed by atoms with Crippen LogP contribution in [0.3, 0.4) is 0 Å². The Hall–Kier alpha value is -0.780. The number of nitrogens with two attached hydrogens (primary N) is 1. The van der Waals surface area contributed by atoms with Gasteiger partial charge in [0.2, 0.25) is 0 Å². The van der Waals surface area contributed by atoms with Gasteiger partial charge < -0.3 is 10.7 Å². The van der Waals surface area contributed by atoms with Gasteiger partial charge >= 0.3 is 0 Å². The number of nitrogens with one attached hydrogen (secondary N) is 1. The van der Waals surface area contributed by atoms with E-state index in [0.29, 0.717) is 0 Å². The molecule has 90 valence electrons. The molecule has 5 heteroatoms. The van der Waals surface area contributed by atoms with Crippen LogP contribution < -0.4 is 5.73 Å². The number of hydrogen-bond donors (Lipinski definition) is 2. The maximum atomic E-state index is 5.86. The number of H-pyrrole nitrogens is 1. The van der Waals surface area contributed by atoms with Crippen molar-refractivity contribution in [2.75, 3.05) is 0 Å². The Labute approximate surface area is 113 Å². The first-order chi connectivity index (χ1) is 8.15. The van der Waals surface area contributed by atoms with Gasteiger partial charge in [-0.05, 0) is 31.0 Å². The van der Waals surface area contributed by atoms with Crippen LogP contribution in [0.1, 0.15) is 12.5 Å². The van der Waals surface area contributed by atoms with Gasteiger partial charge in [-0.1, -0.05) is 33.8 Å². The molecule has 0 saturated heterocycles. The molecule has 0 aliphatic heterocycles. The van der Waals surface area contributed by atoms with E-state index in [4.69, 9.17) is 5.73 Å². The van der Waals surface area contributed by atoms with Crippen LogP contribution in [-0.4, -0.2) is 16.0 Å². The fraction of sp³-hybridized carbons (Fsp3) is 0.250. The fourth-order valence-electron chi connectivity index (χ4n) is 1.55. The first-order valence-electron chi connectivity index (χ1n) is 5.36. The topological polar surface area (TPSA) is 54.7 Å². The highest BCUT2D eigenvalue weighted by Crippen LogP contribution is 2.31. The molecule has 0 aliphatic rings. The molecule has 3 nitrogen and oxygen atoms in total. The highest BCUT2D eigenvalue weighted by molar-refractivity contribution is 9.10. The number of rotatable bonds is 4. The predicted molar refractivity (Wildman–Crippen MR) is 74.2 cm³/mol. The lowest BCUT2D eigenvalue weighted by atomic mass is 10.1. The maximum absolute atomic E-state index is 5.86. The summed E-state index contributed by atoms with van der Waals surface area (Å²) in [5.41, 5.74) is 7.11. The first kappa shape index (κ1) is 12.7. The molecule has 1 atom stereocenters. The molecule has 1 aromatic carbocycles. The second-order valence-electron chi connectivity index (χ2n) is 3.93. The molecule has 1 unspecified atom stereocenters. The molecule has 17 heavy (non-hydrogen) atoms. The van der Waals surface area contributed by atoms with E-state index in [2.05, 4.69) is 38.0 Å². The van der Waals surface area contributed by atoms with Crippen molar-refractivity contribution in [1.82, 2.24) is 9.97 Å². The van der Waals surface area contributed by atoms with Crippen LogP contribution in [0, 0.1) is 0 Å². The number of halogens is 1. The summed E-state index contributed by atoms with van der Waals surface area (Å²) in [7, 11) is 0. The average molecular weight is 312 g/mol. The Balaban J connectivity index is 2.26. The average Bonchev–Trinajstić information content (AvgIpc) is 2.74. The third-order valence-corrected chi connectivity index (χ3v) is 3.76. The minimum absolute atomic E-state index is 0.159. The molecule has 0 radical (unpaired) electrons. The van der Waals surface area contributed by atoms with Crippen LogP contribution in [-0.2, 0) is 6.42 Å². The second-order valence-corrected chi connectivity index (χ2v) is 5.88. The SMILES string of the molecule is CC(N)Cc1ccc(Br)cc1Sc1ncc[nH]1. The molecule has 1 heterocycles. The van der Waals surface area contributed by atoms with E-state index in [-0.39, 0.29) is 6.04 Å². The zero-order valence-corrected chi connectivity index (χ0v) is 11.9. The summed E-state index contributed by atoms with van der Waals surface area (Å²) >= 11 is 5.12. The van der Waals surface area contributed by atoms with E-state index in [1.807, 2.05) is 19.2 Å². The summed E-state index contributed by atoms with van der Waals surface area (Å²) in [6.45, 7) is 2.02. The number of nitrogens with zero attached hydrogens (tertiary/aromatic N) is 1. The lowest BCUT2D eigenvalue weighted by Crippen LogP contribution is -2.18. The number of imidazole rings is 1. The predicted octanol–water partition coefficient (Wildman–Crippen LogP) is 3.21. The standard InChI is InChI=1S/C12H14BrN3S/c1-8(14)6-9-2-3-10(13)7-11(9)17-12-15-4-5-16-12/h2-5,7-8H,6,14H2,1H3,(H,15,16). The summed E-state index contributed by atoms with van der Waals surface area (Å²) in [5, 5.41) is 0.897. The van der Waals surface area contributed by atoms with Crippen molar-refractivity contribution in [2.24, 2.45) is 5.73 Å². The first-order valence-corrected chi connectivity index (χ1v) is 6.97. The van der Waals surface area contributed by atoms with E-state index < -0.39 is 0 Å². The van der Waals surface area contributed by atoms with Crippen molar-refractivity contribution in [3.05, 3.63) is 40.6 Å². The molecular formula is C12H14BrN3S. The van der Waals surface area contributed by atoms with Gasteiger partial charge in [-0.3, -0.25) is 0 Å². The van der Waals surface area contributed by atoms with Gasteiger partial charge in [-0.15, -0.1) is 0 Å². The van der Waals surface area contributed by atoms with Crippen molar-refractivity contribution >= 4 is 27.7 Å². The summed E-state index contributed by atoms with van der Waals surface area (Å²) in [6.07, 6.45) is 4.45. The van der Waals surface area contributed by atoms with E-state index in [9.17, 15) is 0 Å². The summed E-state index contributed by atoms with van der Waals surface area (Å²) in [4.78, 5) is 8.50. The Bertz CT molecular complexity index is 483. The Morgan fingerprint density at radius 2 is 2.35 bits per heavy atom. The van der Waals surface area contributed by atoms with Crippen molar-refractivity contribution in [3.63, 3.8) is 0 Å². The van der Waals surface area contributed by atoms with Crippen LogP contribution in [0.2, 0.25) is 0 Å². The zero-order valence-electron chi connectivity index (χ0n) is 9.48. The van der Waals surface area contributed by atoms with Crippen LogP contribution in [0.4, 0.5) is 0 Å². The maximum Gasteiger partial charge on any atom is 0.170 e. The van der Waals surface area contributed by atoms with Crippen molar-refractivity contribution in [2.45, 2.75) is 29.4 Å². The minimum atomic E-state index is 0.159. The minimum Gasteiger partial charge on any atom is -0.339 e. The molecule has 0 spiro atoms. The van der Waals surface area contributed by atoms with Gasteiger partial charge in [0.15, 0.2) is 5.16 Å². The molecule has 3 N–H and O–H groups in total. The molecule has 2 rings (SSSR count). The van der Waals surface area contributed by atoms with E-state index in [0.717, 1.165) is 16.0 Å². The van der Waals surface area contributed by atoms with Crippen LogP contribution >= 0.6 is 27.7 Å². The molecule has 2 aromatic rings. The normalized spacial score (nSPS) is 12.6. The molecule has 0 saturated carbocycles. The monoisotopic (exact) mass is 311 g/mol. The third-order valence-electron chi connectivity index (χ3n) is 2.25. The third kappa shape index (κ3) is 3.59. The lowest BCUT2D eigenvalue weighted by molar-refractivity contribution is 0.729. The molecule has 0 aliphatic carbocycles. The number of aromatic amines is 1. The summed E-state index contributed by atoms with van der Waals surface area (Å²) in [5.74, 6) is 0. The smallest absolute Gasteiger partial charge is 0.170 e. The molecule has 0 fully saturated rings. The Morgan fingerprint density at radius 1 is 1.53 bits per heavy atom. The number of benzene rings is 1. The molecule has 0 amide bonds. The Morgan fingerprint density at radius 3 is 3.00 bits per heavy atom. The number of hydrogen-bond acceptors (Lipinski definition) is 3. The van der Waals surface area contributed by atoms with Gasteiger partial charge in [0.1, 0.15) is 0 Å².